The van der Waals surface area contributed by atoms with Gasteiger partial charge in [0.05, 0.1) is 25.3 Å². The summed E-state index contributed by atoms with van der Waals surface area (Å²) < 4.78 is 9.92. The maximum Gasteiger partial charge on any atom is 0.339 e. The smallest absolute Gasteiger partial charge is 0.339 e. The molecule has 0 N–H and O–H groups in total. The largest absolute Gasteiger partial charge is 0.465 e. The summed E-state index contributed by atoms with van der Waals surface area (Å²) in [6, 6.07) is 23.2. The van der Waals surface area contributed by atoms with Gasteiger partial charge in [-0.1, -0.05) is 60.7 Å². The van der Waals surface area contributed by atoms with Crippen molar-refractivity contribution in [1.29, 1.82) is 0 Å². The molecule has 0 spiro atoms. The van der Waals surface area contributed by atoms with Crippen LogP contribution in [0.2, 0.25) is 0 Å². The average molecular weight is 407 g/mol. The summed E-state index contributed by atoms with van der Waals surface area (Å²) in [6.07, 6.45) is 0. The number of benzene rings is 3. The van der Waals surface area contributed by atoms with Crippen molar-refractivity contribution in [3.8, 4) is 11.1 Å². The van der Waals surface area contributed by atoms with Crippen LogP contribution in [0.15, 0.2) is 77.7 Å². The van der Waals surface area contributed by atoms with Gasteiger partial charge < -0.3 is 9.47 Å². The van der Waals surface area contributed by atoms with Crippen LogP contribution >= 0.6 is 11.8 Å². The second-order valence-corrected chi connectivity index (χ2v) is 7.83. The van der Waals surface area contributed by atoms with E-state index >= 15 is 0 Å². The number of ether oxygens (including phenoxy) is 2. The molecule has 0 saturated carbocycles. The van der Waals surface area contributed by atoms with E-state index in [1.807, 2.05) is 54.6 Å². The summed E-state index contributed by atoms with van der Waals surface area (Å²) in [5, 5.41) is 0.161. The molecule has 0 aliphatic rings. The zero-order valence-electron chi connectivity index (χ0n) is 16.5. The van der Waals surface area contributed by atoms with E-state index in [1.54, 1.807) is 17.8 Å². The fraction of sp³-hybridized carbons (Fsp3) is 0.167. The molecule has 0 aliphatic heterocycles. The van der Waals surface area contributed by atoms with Gasteiger partial charge in [-0.3, -0.25) is 0 Å². The Kier molecular flexibility index (Phi) is 6.73. The van der Waals surface area contributed by atoms with Crippen molar-refractivity contribution in [3.63, 3.8) is 0 Å². The number of carbonyl (C=O) groups excluding carboxylic acids is 2. The highest BCUT2D eigenvalue weighted by atomic mass is 32.2. The molecule has 3 rings (SSSR count). The van der Waals surface area contributed by atoms with E-state index in [2.05, 4.69) is 19.1 Å². The minimum Gasteiger partial charge on any atom is -0.465 e. The molecule has 4 nitrogen and oxygen atoms in total. The van der Waals surface area contributed by atoms with E-state index in [1.165, 1.54) is 19.8 Å². The molecule has 1 unspecified atom stereocenters. The van der Waals surface area contributed by atoms with E-state index in [4.69, 9.17) is 9.47 Å². The molecule has 0 saturated heterocycles. The van der Waals surface area contributed by atoms with Gasteiger partial charge in [0.2, 0.25) is 0 Å². The maximum atomic E-state index is 12.6. The van der Waals surface area contributed by atoms with Gasteiger partial charge in [0.1, 0.15) is 0 Å². The zero-order valence-corrected chi connectivity index (χ0v) is 17.4. The fourth-order valence-corrected chi connectivity index (χ4v) is 4.19. The predicted octanol–water partition coefficient (Wildman–Crippen LogP) is 5.78. The van der Waals surface area contributed by atoms with Crippen LogP contribution in [0.3, 0.4) is 0 Å². The molecule has 0 heterocycles. The third-order valence-electron chi connectivity index (χ3n) is 4.57. The third kappa shape index (κ3) is 4.69. The van der Waals surface area contributed by atoms with Crippen molar-refractivity contribution in [3.05, 3.63) is 89.5 Å². The van der Waals surface area contributed by atoms with Gasteiger partial charge in [0.25, 0.3) is 0 Å². The highest BCUT2D eigenvalue weighted by molar-refractivity contribution is 7.99. The molecule has 3 aromatic rings. The van der Waals surface area contributed by atoms with Gasteiger partial charge in [0, 0.05) is 10.1 Å². The van der Waals surface area contributed by atoms with Gasteiger partial charge in [-0.15, -0.1) is 11.8 Å². The molecule has 3 aromatic carbocycles. The summed E-state index contributed by atoms with van der Waals surface area (Å²) >= 11 is 1.62. The molecular weight excluding hydrogens is 384 g/mol. The number of thioether (sulfide) groups is 1. The minimum atomic E-state index is -0.572. The first-order valence-electron chi connectivity index (χ1n) is 9.16. The molecule has 0 fully saturated rings. The number of carbonyl (C=O) groups is 2. The normalized spacial score (nSPS) is 11.6. The Morgan fingerprint density at radius 1 is 0.828 bits per heavy atom. The molecule has 0 aromatic heterocycles. The first-order chi connectivity index (χ1) is 14.0. The Hall–Kier alpha value is -3.05. The summed E-state index contributed by atoms with van der Waals surface area (Å²) in [5.41, 5.74) is 3.05. The van der Waals surface area contributed by atoms with Crippen molar-refractivity contribution >= 4 is 23.7 Å². The molecule has 0 bridgehead atoms. The lowest BCUT2D eigenvalue weighted by atomic mass is 9.95. The monoisotopic (exact) mass is 406 g/mol. The van der Waals surface area contributed by atoms with E-state index in [9.17, 15) is 9.59 Å². The number of hydrogen-bond acceptors (Lipinski definition) is 5. The van der Waals surface area contributed by atoms with Crippen molar-refractivity contribution in [2.45, 2.75) is 17.1 Å². The summed E-state index contributed by atoms with van der Waals surface area (Å²) in [5.74, 6) is -1.14. The lowest BCUT2D eigenvalue weighted by Crippen LogP contribution is -2.14. The third-order valence-corrected chi connectivity index (χ3v) is 5.71. The second-order valence-electron chi connectivity index (χ2n) is 6.41. The van der Waals surface area contributed by atoms with Crippen LogP contribution in [-0.2, 0) is 9.47 Å². The lowest BCUT2D eigenvalue weighted by Gasteiger charge is -2.17. The number of esters is 2. The van der Waals surface area contributed by atoms with Crippen LogP contribution in [0.1, 0.15) is 38.5 Å². The molecule has 0 radical (unpaired) electrons. The molecule has 29 heavy (non-hydrogen) atoms. The predicted molar refractivity (Wildman–Crippen MR) is 115 cm³/mol. The van der Waals surface area contributed by atoms with E-state index in [0.717, 1.165) is 10.5 Å². The Bertz CT molecular complexity index is 1000. The maximum absolute atomic E-state index is 12.6. The molecule has 148 valence electrons. The van der Waals surface area contributed by atoms with E-state index in [0.29, 0.717) is 5.56 Å². The van der Waals surface area contributed by atoms with Crippen molar-refractivity contribution in [2.24, 2.45) is 0 Å². The van der Waals surface area contributed by atoms with Crippen LogP contribution in [0.25, 0.3) is 11.1 Å². The summed E-state index contributed by atoms with van der Waals surface area (Å²) in [6.45, 7) is 2.11. The van der Waals surface area contributed by atoms with Crippen molar-refractivity contribution in [1.82, 2.24) is 0 Å². The van der Waals surface area contributed by atoms with Gasteiger partial charge >= 0.3 is 11.9 Å². The molecule has 1 atom stereocenters. The molecule has 0 aliphatic carbocycles. The van der Waals surface area contributed by atoms with E-state index in [-0.39, 0.29) is 16.4 Å². The summed E-state index contributed by atoms with van der Waals surface area (Å²) in [4.78, 5) is 25.9. The molecule has 5 heteroatoms. The van der Waals surface area contributed by atoms with E-state index < -0.39 is 11.9 Å². The zero-order chi connectivity index (χ0) is 20.8. The van der Waals surface area contributed by atoms with Gasteiger partial charge in [0.15, 0.2) is 0 Å². The Morgan fingerprint density at radius 3 is 2.00 bits per heavy atom. The van der Waals surface area contributed by atoms with Crippen LogP contribution in [-0.4, -0.2) is 26.2 Å². The Balaban J connectivity index is 2.15. The minimum absolute atomic E-state index is 0.161. The van der Waals surface area contributed by atoms with Gasteiger partial charge in [-0.25, -0.2) is 9.59 Å². The quantitative estimate of drug-likeness (QED) is 0.384. The number of rotatable bonds is 6. The first kappa shape index (κ1) is 20.7. The Morgan fingerprint density at radius 2 is 1.41 bits per heavy atom. The SMILES string of the molecule is COC(=O)c1cc(SC(C)c2ccccc2)cc(-c2ccccc2)c1C(=O)OC. The fourth-order valence-electron chi connectivity index (χ4n) is 3.12. The topological polar surface area (TPSA) is 52.6 Å². The van der Waals surface area contributed by atoms with Crippen LogP contribution < -0.4 is 0 Å². The lowest BCUT2D eigenvalue weighted by molar-refractivity contribution is 0.0555. The number of methoxy groups -OCH3 is 2. The first-order valence-corrected chi connectivity index (χ1v) is 10.0. The van der Waals surface area contributed by atoms with Crippen LogP contribution in [0.5, 0.6) is 0 Å². The Labute approximate surface area is 174 Å². The molecular formula is C24H22O4S. The molecule has 0 amide bonds. The highest BCUT2D eigenvalue weighted by Crippen LogP contribution is 2.39. The van der Waals surface area contributed by atoms with Gasteiger partial charge in [-0.05, 0) is 35.7 Å². The standard InChI is InChI=1S/C24H22O4S/c1-16(17-10-6-4-7-11-17)29-19-14-20(18-12-8-5-9-13-18)22(24(26)28-3)21(15-19)23(25)27-2/h4-16H,1-3H3. The number of hydrogen-bond donors (Lipinski definition) is 0. The van der Waals surface area contributed by atoms with Crippen molar-refractivity contribution in [2.75, 3.05) is 14.2 Å². The second kappa shape index (κ2) is 9.43. The van der Waals surface area contributed by atoms with Gasteiger partial charge in [-0.2, -0.15) is 0 Å². The average Bonchev–Trinajstić information content (AvgIpc) is 2.78. The highest BCUT2D eigenvalue weighted by Gasteiger charge is 2.25. The summed E-state index contributed by atoms with van der Waals surface area (Å²) in [7, 11) is 2.61. The van der Waals surface area contributed by atoms with Crippen LogP contribution in [0, 0.1) is 0 Å². The van der Waals surface area contributed by atoms with Crippen molar-refractivity contribution < 1.29 is 19.1 Å². The van der Waals surface area contributed by atoms with Crippen LogP contribution in [0.4, 0.5) is 0 Å².